The van der Waals surface area contributed by atoms with Crippen LogP contribution >= 0.6 is 0 Å². The van der Waals surface area contributed by atoms with Crippen LogP contribution in [-0.2, 0) is 11.3 Å². The summed E-state index contributed by atoms with van der Waals surface area (Å²) in [4.78, 5) is 28.6. The van der Waals surface area contributed by atoms with Crippen molar-refractivity contribution in [3.8, 4) is 5.69 Å². The van der Waals surface area contributed by atoms with Crippen LogP contribution < -0.4 is 16.4 Å². The third-order valence-corrected chi connectivity index (χ3v) is 4.77. The highest BCUT2D eigenvalue weighted by Crippen LogP contribution is 2.13. The third kappa shape index (κ3) is 4.98. The van der Waals surface area contributed by atoms with Gasteiger partial charge in [0.05, 0.1) is 18.8 Å². The van der Waals surface area contributed by atoms with Crippen molar-refractivity contribution in [2.24, 2.45) is 0 Å². The monoisotopic (exact) mass is 430 g/mol. The van der Waals surface area contributed by atoms with Gasteiger partial charge in [-0.15, -0.1) is 0 Å². The lowest BCUT2D eigenvalue weighted by molar-refractivity contribution is -0.115. The first kappa shape index (κ1) is 20.8. The van der Waals surface area contributed by atoms with Crippen molar-refractivity contribution >= 4 is 23.3 Å². The quantitative estimate of drug-likeness (QED) is 0.409. The number of aryl methyl sites for hydroxylation is 1. The van der Waals surface area contributed by atoms with Gasteiger partial charge in [0.2, 0.25) is 5.91 Å². The van der Waals surface area contributed by atoms with Gasteiger partial charge in [-0.3, -0.25) is 14.3 Å². The Hall–Kier alpha value is -4.47. The minimum absolute atomic E-state index is 0.150. The van der Waals surface area contributed by atoms with Crippen molar-refractivity contribution in [1.82, 2.24) is 29.9 Å². The molecule has 4 N–H and O–H groups in total. The number of nitrogens with zero attached hydrogens (tertiary/aromatic N) is 5. The first-order valence-corrected chi connectivity index (χ1v) is 9.90. The molecule has 2 amide bonds. The van der Waals surface area contributed by atoms with Gasteiger partial charge in [0.25, 0.3) is 5.91 Å². The number of carbonyl (C=O) groups excluding carboxylic acids is 2. The molecule has 0 aliphatic carbocycles. The summed E-state index contributed by atoms with van der Waals surface area (Å²) in [6.07, 6.45) is 3.03. The fraction of sp³-hybridized carbons (Fsp3) is 0.136. The predicted octanol–water partition coefficient (Wildman–Crippen LogP) is 1.77. The van der Waals surface area contributed by atoms with Gasteiger partial charge in [-0.1, -0.05) is 12.1 Å². The minimum Gasteiger partial charge on any atom is -0.382 e. The Kier molecular flexibility index (Phi) is 5.93. The number of anilines is 2. The zero-order valence-electron chi connectivity index (χ0n) is 17.4. The summed E-state index contributed by atoms with van der Waals surface area (Å²) < 4.78 is 3.39. The SMILES string of the molecule is Cc1cc(N)nn1Cc1cccc(C(=O)NCC(=O)Nc2ccc(-n3cncn3)cc2)c1. The molecule has 0 radical (unpaired) electrons. The molecule has 0 fully saturated rings. The molecule has 0 aliphatic rings. The van der Waals surface area contributed by atoms with Crippen molar-refractivity contribution in [3.05, 3.63) is 84.1 Å². The lowest BCUT2D eigenvalue weighted by Gasteiger charge is -2.09. The molecule has 32 heavy (non-hydrogen) atoms. The molecule has 2 heterocycles. The van der Waals surface area contributed by atoms with Gasteiger partial charge >= 0.3 is 0 Å². The Morgan fingerprint density at radius 1 is 1.09 bits per heavy atom. The molecular weight excluding hydrogens is 408 g/mol. The number of nitrogens with one attached hydrogen (secondary N) is 2. The number of nitrogen functional groups attached to an aromatic ring is 1. The van der Waals surface area contributed by atoms with Crippen LogP contribution in [0.4, 0.5) is 11.5 Å². The van der Waals surface area contributed by atoms with E-state index in [-0.39, 0.29) is 18.4 Å². The molecule has 10 heteroatoms. The molecule has 0 saturated heterocycles. The maximum Gasteiger partial charge on any atom is 0.251 e. The summed E-state index contributed by atoms with van der Waals surface area (Å²) in [6.45, 7) is 2.26. The first-order valence-electron chi connectivity index (χ1n) is 9.90. The Bertz CT molecular complexity index is 1230. The molecule has 162 valence electrons. The van der Waals surface area contributed by atoms with Crippen molar-refractivity contribution in [2.45, 2.75) is 13.5 Å². The molecule has 0 aliphatic heterocycles. The number of rotatable bonds is 7. The average Bonchev–Trinajstić information content (AvgIpc) is 3.43. The molecule has 2 aromatic carbocycles. The number of hydrogen-bond acceptors (Lipinski definition) is 6. The van der Waals surface area contributed by atoms with Crippen molar-refractivity contribution in [3.63, 3.8) is 0 Å². The molecule has 10 nitrogen and oxygen atoms in total. The molecule has 0 atom stereocenters. The highest BCUT2D eigenvalue weighted by Gasteiger charge is 2.10. The fourth-order valence-corrected chi connectivity index (χ4v) is 3.19. The summed E-state index contributed by atoms with van der Waals surface area (Å²) in [5.41, 5.74) is 9.46. The lowest BCUT2D eigenvalue weighted by atomic mass is 10.1. The summed E-state index contributed by atoms with van der Waals surface area (Å²) in [5.74, 6) is -0.207. The molecule has 4 rings (SSSR count). The standard InChI is InChI=1S/C22H22N8O2/c1-15-9-20(23)28-29(15)12-16-3-2-4-17(10-16)22(32)25-11-21(31)27-18-5-7-19(8-6-18)30-14-24-13-26-30/h2-10,13-14H,11-12H2,1H3,(H2,23,28)(H,25,32)(H,27,31). The van der Waals surface area contributed by atoms with Crippen LogP contribution in [0.15, 0.2) is 67.3 Å². The molecule has 0 unspecified atom stereocenters. The highest BCUT2D eigenvalue weighted by atomic mass is 16.2. The summed E-state index contributed by atoms with van der Waals surface area (Å²) in [6, 6.07) is 16.1. The second-order valence-electron chi connectivity index (χ2n) is 7.19. The van der Waals surface area contributed by atoms with Gasteiger partial charge in [-0.2, -0.15) is 10.2 Å². The van der Waals surface area contributed by atoms with Gasteiger partial charge in [-0.05, 0) is 48.9 Å². The number of nitrogens with two attached hydrogens (primary N) is 1. The van der Waals surface area contributed by atoms with Crippen LogP contribution in [0.1, 0.15) is 21.6 Å². The van der Waals surface area contributed by atoms with E-state index in [4.69, 9.17) is 5.73 Å². The van der Waals surface area contributed by atoms with Crippen LogP contribution in [0.5, 0.6) is 0 Å². The predicted molar refractivity (Wildman–Crippen MR) is 119 cm³/mol. The van der Waals surface area contributed by atoms with Gasteiger partial charge in [-0.25, -0.2) is 9.67 Å². The fourth-order valence-electron chi connectivity index (χ4n) is 3.19. The van der Waals surface area contributed by atoms with Crippen LogP contribution in [-0.4, -0.2) is 42.9 Å². The van der Waals surface area contributed by atoms with E-state index < -0.39 is 0 Å². The lowest BCUT2D eigenvalue weighted by Crippen LogP contribution is -2.32. The van der Waals surface area contributed by atoms with Crippen molar-refractivity contribution < 1.29 is 9.59 Å². The second kappa shape index (κ2) is 9.13. The average molecular weight is 430 g/mol. The van der Waals surface area contributed by atoms with E-state index in [0.717, 1.165) is 16.9 Å². The topological polar surface area (TPSA) is 133 Å². The Labute approximate surface area is 184 Å². The first-order chi connectivity index (χ1) is 15.5. The van der Waals surface area contributed by atoms with Crippen LogP contribution in [0.2, 0.25) is 0 Å². The summed E-state index contributed by atoms with van der Waals surface area (Å²) in [7, 11) is 0. The number of carbonyl (C=O) groups is 2. The van der Waals surface area contributed by atoms with Crippen molar-refractivity contribution in [2.75, 3.05) is 17.6 Å². The Morgan fingerprint density at radius 3 is 2.59 bits per heavy atom. The van der Waals surface area contributed by atoms with Crippen LogP contribution in [0.25, 0.3) is 5.69 Å². The molecule has 0 spiro atoms. The largest absolute Gasteiger partial charge is 0.382 e. The molecule has 0 bridgehead atoms. The number of amides is 2. The van der Waals surface area contributed by atoms with E-state index >= 15 is 0 Å². The van der Waals surface area contributed by atoms with Crippen LogP contribution in [0.3, 0.4) is 0 Å². The Morgan fingerprint density at radius 2 is 1.91 bits per heavy atom. The van der Waals surface area contributed by atoms with Gasteiger partial charge in [0.15, 0.2) is 0 Å². The van der Waals surface area contributed by atoms with E-state index in [1.807, 2.05) is 25.1 Å². The van der Waals surface area contributed by atoms with Gasteiger partial charge in [0.1, 0.15) is 18.5 Å². The summed E-state index contributed by atoms with van der Waals surface area (Å²) >= 11 is 0. The highest BCUT2D eigenvalue weighted by molar-refractivity contribution is 5.99. The molecule has 2 aromatic heterocycles. The normalized spacial score (nSPS) is 10.7. The third-order valence-electron chi connectivity index (χ3n) is 4.77. The molecule has 0 saturated carbocycles. The van der Waals surface area contributed by atoms with E-state index in [9.17, 15) is 9.59 Å². The van der Waals surface area contributed by atoms with Gasteiger partial charge < -0.3 is 16.4 Å². The van der Waals surface area contributed by atoms with Crippen molar-refractivity contribution in [1.29, 1.82) is 0 Å². The molecule has 4 aromatic rings. The van der Waals surface area contributed by atoms with Crippen LogP contribution in [0, 0.1) is 6.92 Å². The maximum atomic E-state index is 12.5. The minimum atomic E-state index is -0.333. The van der Waals surface area contributed by atoms with E-state index in [2.05, 4.69) is 25.8 Å². The zero-order chi connectivity index (χ0) is 22.5. The van der Waals surface area contributed by atoms with E-state index in [1.165, 1.54) is 6.33 Å². The second-order valence-corrected chi connectivity index (χ2v) is 7.19. The number of benzene rings is 2. The number of hydrogen-bond donors (Lipinski definition) is 3. The Balaban J connectivity index is 1.31. The maximum absolute atomic E-state index is 12.5. The zero-order valence-corrected chi connectivity index (χ0v) is 17.4. The number of aromatic nitrogens is 5. The van der Waals surface area contributed by atoms with E-state index in [0.29, 0.717) is 23.6 Å². The van der Waals surface area contributed by atoms with Gasteiger partial charge in [0, 0.05) is 23.0 Å². The summed E-state index contributed by atoms with van der Waals surface area (Å²) in [5, 5.41) is 13.7. The van der Waals surface area contributed by atoms with E-state index in [1.54, 1.807) is 52.1 Å². The smallest absolute Gasteiger partial charge is 0.251 e. The molecular formula is C22H22N8O2.